The van der Waals surface area contributed by atoms with Crippen molar-refractivity contribution in [3.8, 4) is 22.5 Å². The number of aromatic nitrogens is 2. The zero-order valence-electron chi connectivity index (χ0n) is 31.5. The molecule has 0 aliphatic carbocycles. The van der Waals surface area contributed by atoms with Crippen molar-refractivity contribution in [2.75, 3.05) is 0 Å². The van der Waals surface area contributed by atoms with E-state index in [-0.39, 0.29) is 0 Å². The van der Waals surface area contributed by atoms with Gasteiger partial charge in [0.1, 0.15) is 0 Å². The Labute approximate surface area is 334 Å². The Hall–Kier alpha value is -7.68. The Balaban J connectivity index is 1.06. The molecule has 13 rings (SSSR count). The third-order valence-electron chi connectivity index (χ3n) is 12.6. The van der Waals surface area contributed by atoms with E-state index in [9.17, 15) is 0 Å². The Morgan fingerprint density at radius 1 is 0.207 bits per heavy atom. The molecule has 0 spiro atoms. The first kappa shape index (κ1) is 31.5. The number of para-hydroxylation sites is 3. The zero-order valence-corrected chi connectivity index (χ0v) is 31.5. The molecule has 13 aromatic rings. The molecule has 2 heterocycles. The molecule has 2 aromatic heterocycles. The van der Waals surface area contributed by atoms with Crippen LogP contribution in [0.3, 0.4) is 0 Å². The van der Waals surface area contributed by atoms with Gasteiger partial charge < -0.3 is 9.13 Å². The van der Waals surface area contributed by atoms with Crippen molar-refractivity contribution in [3.63, 3.8) is 0 Å². The normalized spacial score (nSPS) is 12.1. The molecule has 2 heteroatoms. The molecular weight excluding hydrogens is 701 g/mol. The lowest BCUT2D eigenvalue weighted by atomic mass is 9.87. The SMILES string of the molecule is c1ccc(-n2c3ccccc3c3cc(-c4ccc5c(c4)c4ccccc4n5-c4ccc5c6ccccc6c6c7ccccc7c7ccccc7c6c5c4)ccc32)cc1. The Morgan fingerprint density at radius 3 is 1.10 bits per heavy atom. The highest BCUT2D eigenvalue weighted by Gasteiger charge is 2.19. The van der Waals surface area contributed by atoms with E-state index in [1.54, 1.807) is 0 Å². The van der Waals surface area contributed by atoms with Crippen LogP contribution < -0.4 is 0 Å². The fraction of sp³-hybridized carbons (Fsp3) is 0. The molecule has 0 atom stereocenters. The van der Waals surface area contributed by atoms with E-state index in [1.807, 2.05) is 0 Å². The van der Waals surface area contributed by atoms with Gasteiger partial charge in [0.2, 0.25) is 0 Å². The summed E-state index contributed by atoms with van der Waals surface area (Å²) in [4.78, 5) is 0. The van der Waals surface area contributed by atoms with Gasteiger partial charge in [-0.05, 0) is 126 Å². The van der Waals surface area contributed by atoms with Crippen LogP contribution in [0, 0.1) is 0 Å². The summed E-state index contributed by atoms with van der Waals surface area (Å²) >= 11 is 0. The predicted molar refractivity (Wildman–Crippen MR) is 248 cm³/mol. The molecular formula is C56H34N2. The molecule has 0 unspecified atom stereocenters. The second-order valence-electron chi connectivity index (χ2n) is 15.6. The molecule has 0 aliphatic heterocycles. The average molecular weight is 735 g/mol. The molecule has 0 radical (unpaired) electrons. The maximum Gasteiger partial charge on any atom is 0.0541 e. The lowest BCUT2D eigenvalue weighted by Crippen LogP contribution is -1.95. The summed E-state index contributed by atoms with van der Waals surface area (Å²) < 4.78 is 4.85. The summed E-state index contributed by atoms with van der Waals surface area (Å²) in [5.41, 5.74) is 9.60. The Kier molecular flexibility index (Phi) is 6.47. The van der Waals surface area contributed by atoms with Gasteiger partial charge in [-0.15, -0.1) is 0 Å². The van der Waals surface area contributed by atoms with Crippen molar-refractivity contribution in [2.45, 2.75) is 0 Å². The fourth-order valence-electron chi connectivity index (χ4n) is 10.2. The van der Waals surface area contributed by atoms with Gasteiger partial charge in [-0.2, -0.15) is 0 Å². The highest BCUT2D eigenvalue weighted by molar-refractivity contribution is 6.39. The number of fused-ring (bicyclic) bond motifs is 17. The molecule has 0 saturated heterocycles. The van der Waals surface area contributed by atoms with Gasteiger partial charge in [0.25, 0.3) is 0 Å². The summed E-state index contributed by atoms with van der Waals surface area (Å²) in [7, 11) is 0. The van der Waals surface area contributed by atoms with Crippen LogP contribution in [0.5, 0.6) is 0 Å². The van der Waals surface area contributed by atoms with Crippen molar-refractivity contribution in [3.05, 3.63) is 206 Å². The Morgan fingerprint density at radius 2 is 0.586 bits per heavy atom. The topological polar surface area (TPSA) is 9.86 Å². The van der Waals surface area contributed by atoms with Gasteiger partial charge in [-0.3, -0.25) is 0 Å². The quantitative estimate of drug-likeness (QED) is 0.160. The number of rotatable bonds is 3. The van der Waals surface area contributed by atoms with Crippen LogP contribution in [-0.2, 0) is 0 Å². The molecule has 0 aliphatic rings. The molecule has 0 bridgehead atoms. The molecule has 58 heavy (non-hydrogen) atoms. The number of hydrogen-bond acceptors (Lipinski definition) is 0. The van der Waals surface area contributed by atoms with Gasteiger partial charge in [-0.1, -0.05) is 146 Å². The van der Waals surface area contributed by atoms with Crippen LogP contribution in [0.4, 0.5) is 0 Å². The molecule has 11 aromatic carbocycles. The highest BCUT2D eigenvalue weighted by Crippen LogP contribution is 2.45. The van der Waals surface area contributed by atoms with Gasteiger partial charge in [0.15, 0.2) is 0 Å². The monoisotopic (exact) mass is 734 g/mol. The first-order valence-corrected chi connectivity index (χ1v) is 20.1. The summed E-state index contributed by atoms with van der Waals surface area (Å²) in [5.74, 6) is 0. The number of nitrogens with zero attached hydrogens (tertiary/aromatic N) is 2. The smallest absolute Gasteiger partial charge is 0.0541 e. The van der Waals surface area contributed by atoms with Gasteiger partial charge >= 0.3 is 0 Å². The largest absolute Gasteiger partial charge is 0.309 e. The summed E-state index contributed by atoms with van der Waals surface area (Å²) in [5, 5.41) is 18.0. The summed E-state index contributed by atoms with van der Waals surface area (Å²) in [6.45, 7) is 0. The van der Waals surface area contributed by atoms with E-state index in [4.69, 9.17) is 0 Å². The van der Waals surface area contributed by atoms with Crippen LogP contribution in [0.15, 0.2) is 206 Å². The molecule has 2 nitrogen and oxygen atoms in total. The molecule has 0 amide bonds. The van der Waals surface area contributed by atoms with Crippen LogP contribution in [0.1, 0.15) is 0 Å². The maximum absolute atomic E-state index is 2.47. The third-order valence-corrected chi connectivity index (χ3v) is 12.6. The van der Waals surface area contributed by atoms with Crippen LogP contribution in [0.2, 0.25) is 0 Å². The van der Waals surface area contributed by atoms with Gasteiger partial charge in [0, 0.05) is 32.9 Å². The summed E-state index contributed by atoms with van der Waals surface area (Å²) in [6, 6.07) is 76.2. The van der Waals surface area contributed by atoms with Crippen molar-refractivity contribution >= 4 is 97.5 Å². The van der Waals surface area contributed by atoms with E-state index < -0.39 is 0 Å². The standard InChI is InChI=1S/C56H34N2/c1-2-14-37(15-3-1)57-51-24-12-10-19-43(51)48-32-35(26-30-53(48)57)36-27-31-54-49(33-36)44-20-11-13-25-52(44)58(54)38-28-29-42-41-18-6-8-22-46(41)55-45-21-7-4-16-39(45)40-17-5-9-23-47(40)56(55)50(42)34-38/h1-34H. The Bertz CT molecular complexity index is 3830. The minimum absolute atomic E-state index is 1.16. The van der Waals surface area contributed by atoms with E-state index in [1.165, 1.54) is 114 Å². The molecule has 0 fully saturated rings. The van der Waals surface area contributed by atoms with E-state index in [0.717, 1.165) is 5.69 Å². The predicted octanol–water partition coefficient (Wildman–Crippen LogP) is 15.3. The second kappa shape index (κ2) is 11.9. The minimum Gasteiger partial charge on any atom is -0.309 e. The van der Waals surface area contributed by atoms with E-state index in [0.29, 0.717) is 0 Å². The van der Waals surface area contributed by atoms with E-state index in [2.05, 4.69) is 215 Å². The van der Waals surface area contributed by atoms with Gasteiger partial charge in [-0.25, -0.2) is 0 Å². The van der Waals surface area contributed by atoms with Crippen molar-refractivity contribution in [1.29, 1.82) is 0 Å². The molecule has 0 N–H and O–H groups in total. The summed E-state index contributed by atoms with van der Waals surface area (Å²) in [6.07, 6.45) is 0. The molecule has 0 saturated carbocycles. The van der Waals surface area contributed by atoms with Crippen LogP contribution in [0.25, 0.3) is 120 Å². The number of benzene rings is 11. The lowest BCUT2D eigenvalue weighted by molar-refractivity contribution is 1.18. The van der Waals surface area contributed by atoms with Crippen molar-refractivity contribution in [1.82, 2.24) is 9.13 Å². The first-order valence-electron chi connectivity index (χ1n) is 20.1. The van der Waals surface area contributed by atoms with Crippen LogP contribution in [-0.4, -0.2) is 9.13 Å². The average Bonchev–Trinajstić information content (AvgIpc) is 3.81. The molecule has 268 valence electrons. The zero-order chi connectivity index (χ0) is 37.9. The lowest BCUT2D eigenvalue weighted by Gasteiger charge is -2.17. The third kappa shape index (κ3) is 4.32. The van der Waals surface area contributed by atoms with Crippen LogP contribution >= 0.6 is 0 Å². The first-order chi connectivity index (χ1) is 28.8. The maximum atomic E-state index is 2.47. The van der Waals surface area contributed by atoms with Crippen molar-refractivity contribution in [2.24, 2.45) is 0 Å². The number of hydrogen-bond donors (Lipinski definition) is 0. The second-order valence-corrected chi connectivity index (χ2v) is 15.6. The highest BCUT2D eigenvalue weighted by atomic mass is 15.0. The van der Waals surface area contributed by atoms with Crippen molar-refractivity contribution < 1.29 is 0 Å². The fourth-order valence-corrected chi connectivity index (χ4v) is 10.2. The van der Waals surface area contributed by atoms with E-state index >= 15 is 0 Å². The van der Waals surface area contributed by atoms with Gasteiger partial charge in [0.05, 0.1) is 22.1 Å². The minimum atomic E-state index is 1.16.